The van der Waals surface area contributed by atoms with Gasteiger partial charge in [0.15, 0.2) is 0 Å². The molecule has 0 aromatic carbocycles. The molecule has 0 aliphatic rings. The Hall–Kier alpha value is -1.49. The molecule has 2 aromatic heterocycles. The number of hydrogen-bond acceptors (Lipinski definition) is 4. The highest BCUT2D eigenvalue weighted by Crippen LogP contribution is 2.18. The van der Waals surface area contributed by atoms with Gasteiger partial charge >= 0.3 is 0 Å². The zero-order valence-corrected chi connectivity index (χ0v) is 8.52. The SMILES string of the molecule is Cc1nc(Cl)ccc1-c1nnn(C)n1. The van der Waals surface area contributed by atoms with Crippen molar-refractivity contribution in [2.75, 3.05) is 0 Å². The maximum Gasteiger partial charge on any atom is 0.206 e. The lowest BCUT2D eigenvalue weighted by atomic mass is 10.2. The molecule has 2 heterocycles. The molecule has 5 nitrogen and oxygen atoms in total. The van der Waals surface area contributed by atoms with E-state index in [9.17, 15) is 0 Å². The van der Waals surface area contributed by atoms with Crippen LogP contribution in [0.2, 0.25) is 5.15 Å². The van der Waals surface area contributed by atoms with Crippen molar-refractivity contribution >= 4 is 11.6 Å². The fraction of sp³-hybridized carbons (Fsp3) is 0.250. The van der Waals surface area contributed by atoms with Gasteiger partial charge in [0.2, 0.25) is 5.82 Å². The summed E-state index contributed by atoms with van der Waals surface area (Å²) in [5, 5.41) is 12.2. The lowest BCUT2D eigenvalue weighted by molar-refractivity contribution is 0.630. The van der Waals surface area contributed by atoms with Gasteiger partial charge in [0.25, 0.3) is 0 Å². The van der Waals surface area contributed by atoms with Crippen molar-refractivity contribution in [1.29, 1.82) is 0 Å². The number of rotatable bonds is 1. The van der Waals surface area contributed by atoms with Crippen molar-refractivity contribution in [3.63, 3.8) is 0 Å². The molecule has 2 aromatic rings. The Labute approximate surface area is 85.7 Å². The van der Waals surface area contributed by atoms with E-state index >= 15 is 0 Å². The van der Waals surface area contributed by atoms with Crippen LogP contribution in [0.3, 0.4) is 0 Å². The number of pyridine rings is 1. The predicted octanol–water partition coefficient (Wildman–Crippen LogP) is 1.23. The summed E-state index contributed by atoms with van der Waals surface area (Å²) in [7, 11) is 1.72. The molecule has 0 N–H and O–H groups in total. The molecule has 0 atom stereocenters. The van der Waals surface area contributed by atoms with Crippen LogP contribution in [0.4, 0.5) is 0 Å². The van der Waals surface area contributed by atoms with Gasteiger partial charge in [-0.25, -0.2) is 4.98 Å². The van der Waals surface area contributed by atoms with Gasteiger partial charge in [-0.05, 0) is 24.3 Å². The number of tetrazole rings is 1. The predicted molar refractivity (Wildman–Crippen MR) is 51.8 cm³/mol. The second kappa shape index (κ2) is 3.34. The van der Waals surface area contributed by atoms with Gasteiger partial charge in [0, 0.05) is 5.56 Å². The average Bonchev–Trinajstić information content (AvgIpc) is 2.51. The average molecular weight is 210 g/mol. The van der Waals surface area contributed by atoms with Crippen LogP contribution >= 0.6 is 11.6 Å². The van der Waals surface area contributed by atoms with Crippen LogP contribution in [-0.4, -0.2) is 25.2 Å². The van der Waals surface area contributed by atoms with E-state index in [1.807, 2.05) is 13.0 Å². The molecule has 6 heteroatoms. The summed E-state index contributed by atoms with van der Waals surface area (Å²) in [6.07, 6.45) is 0. The van der Waals surface area contributed by atoms with E-state index in [1.54, 1.807) is 13.1 Å². The summed E-state index contributed by atoms with van der Waals surface area (Å²) in [4.78, 5) is 5.51. The minimum absolute atomic E-state index is 0.468. The van der Waals surface area contributed by atoms with Crippen LogP contribution < -0.4 is 0 Å². The highest BCUT2D eigenvalue weighted by molar-refractivity contribution is 6.29. The summed E-state index contributed by atoms with van der Waals surface area (Å²) >= 11 is 5.74. The first-order valence-corrected chi connectivity index (χ1v) is 4.42. The first kappa shape index (κ1) is 9.08. The summed E-state index contributed by atoms with van der Waals surface area (Å²) < 4.78 is 0. The zero-order chi connectivity index (χ0) is 10.1. The summed E-state index contributed by atoms with van der Waals surface area (Å²) in [5.41, 5.74) is 1.65. The Kier molecular flexibility index (Phi) is 2.17. The third kappa shape index (κ3) is 1.58. The van der Waals surface area contributed by atoms with Crippen LogP contribution in [0, 0.1) is 6.92 Å². The van der Waals surface area contributed by atoms with Crippen LogP contribution in [0.1, 0.15) is 5.69 Å². The van der Waals surface area contributed by atoms with Crippen LogP contribution in [0.5, 0.6) is 0 Å². The zero-order valence-electron chi connectivity index (χ0n) is 7.77. The van der Waals surface area contributed by atoms with Crippen LogP contribution in [0.15, 0.2) is 12.1 Å². The molecule has 0 unspecified atom stereocenters. The summed E-state index contributed by atoms with van der Waals surface area (Å²) in [5.74, 6) is 0.564. The van der Waals surface area contributed by atoms with E-state index in [2.05, 4.69) is 20.4 Å². The minimum atomic E-state index is 0.468. The van der Waals surface area contributed by atoms with Crippen LogP contribution in [-0.2, 0) is 7.05 Å². The van der Waals surface area contributed by atoms with Gasteiger partial charge in [-0.3, -0.25) is 0 Å². The van der Waals surface area contributed by atoms with Crippen molar-refractivity contribution in [3.8, 4) is 11.4 Å². The number of halogens is 1. The molecule has 0 amide bonds. The summed E-state index contributed by atoms with van der Waals surface area (Å²) in [6, 6.07) is 3.54. The van der Waals surface area contributed by atoms with Crippen molar-refractivity contribution in [1.82, 2.24) is 25.2 Å². The van der Waals surface area contributed by atoms with E-state index < -0.39 is 0 Å². The van der Waals surface area contributed by atoms with Gasteiger partial charge in [0.1, 0.15) is 5.15 Å². The fourth-order valence-corrected chi connectivity index (χ4v) is 1.35. The first-order chi connectivity index (χ1) is 6.66. The van der Waals surface area contributed by atoms with Gasteiger partial charge in [-0.2, -0.15) is 4.80 Å². The molecular weight excluding hydrogens is 202 g/mol. The van der Waals surface area contributed by atoms with E-state index in [4.69, 9.17) is 11.6 Å². The maximum absolute atomic E-state index is 5.74. The largest absolute Gasteiger partial charge is 0.241 e. The second-order valence-corrected chi connectivity index (χ2v) is 3.26. The van der Waals surface area contributed by atoms with E-state index in [-0.39, 0.29) is 0 Å². The Balaban J connectivity index is 2.52. The Morgan fingerprint density at radius 1 is 1.36 bits per heavy atom. The minimum Gasteiger partial charge on any atom is -0.241 e. The molecule has 0 saturated carbocycles. The topological polar surface area (TPSA) is 56.5 Å². The molecule has 72 valence electrons. The maximum atomic E-state index is 5.74. The van der Waals surface area contributed by atoms with E-state index in [0.29, 0.717) is 11.0 Å². The molecule has 0 spiro atoms. The van der Waals surface area contributed by atoms with Gasteiger partial charge in [0.05, 0.1) is 12.7 Å². The number of nitrogens with zero attached hydrogens (tertiary/aromatic N) is 5. The highest BCUT2D eigenvalue weighted by atomic mass is 35.5. The number of hydrogen-bond donors (Lipinski definition) is 0. The van der Waals surface area contributed by atoms with E-state index in [0.717, 1.165) is 11.3 Å². The normalized spacial score (nSPS) is 10.5. The van der Waals surface area contributed by atoms with E-state index in [1.165, 1.54) is 4.80 Å². The molecule has 0 saturated heterocycles. The van der Waals surface area contributed by atoms with Crippen LogP contribution in [0.25, 0.3) is 11.4 Å². The van der Waals surface area contributed by atoms with Gasteiger partial charge in [-0.15, -0.1) is 10.2 Å². The smallest absolute Gasteiger partial charge is 0.206 e. The monoisotopic (exact) mass is 209 g/mol. The Bertz CT molecular complexity index is 465. The Morgan fingerprint density at radius 3 is 2.71 bits per heavy atom. The molecule has 2 rings (SSSR count). The van der Waals surface area contributed by atoms with Gasteiger partial charge in [-0.1, -0.05) is 11.6 Å². The van der Waals surface area contributed by atoms with Crippen molar-refractivity contribution in [3.05, 3.63) is 23.0 Å². The van der Waals surface area contributed by atoms with Crippen molar-refractivity contribution in [2.45, 2.75) is 6.92 Å². The standard InChI is InChI=1S/C8H8ClN5/c1-5-6(3-4-7(9)10-5)8-11-13-14(2)12-8/h3-4H,1-2H3. The highest BCUT2D eigenvalue weighted by Gasteiger charge is 2.08. The number of aromatic nitrogens is 5. The quantitative estimate of drug-likeness (QED) is 0.663. The van der Waals surface area contributed by atoms with Gasteiger partial charge < -0.3 is 0 Å². The molecule has 0 aliphatic carbocycles. The molecule has 0 fully saturated rings. The number of aryl methyl sites for hydroxylation is 2. The molecular formula is C8H8ClN5. The van der Waals surface area contributed by atoms with Crippen molar-refractivity contribution < 1.29 is 0 Å². The third-order valence-corrected chi connectivity index (χ3v) is 2.01. The summed E-state index contributed by atoms with van der Waals surface area (Å²) in [6.45, 7) is 1.86. The lowest BCUT2D eigenvalue weighted by Crippen LogP contribution is -1.93. The Morgan fingerprint density at radius 2 is 2.14 bits per heavy atom. The van der Waals surface area contributed by atoms with Crippen molar-refractivity contribution in [2.24, 2.45) is 7.05 Å². The third-order valence-electron chi connectivity index (χ3n) is 1.80. The molecule has 0 bridgehead atoms. The fourth-order valence-electron chi connectivity index (χ4n) is 1.16. The second-order valence-electron chi connectivity index (χ2n) is 2.87. The lowest BCUT2D eigenvalue weighted by Gasteiger charge is -1.99. The first-order valence-electron chi connectivity index (χ1n) is 4.04. The molecule has 0 radical (unpaired) electrons. The molecule has 0 aliphatic heterocycles. The molecule has 14 heavy (non-hydrogen) atoms.